The van der Waals surface area contributed by atoms with Crippen molar-refractivity contribution in [1.29, 1.82) is 5.26 Å². The van der Waals surface area contributed by atoms with Crippen molar-refractivity contribution in [3.63, 3.8) is 0 Å². The first-order chi connectivity index (χ1) is 11.3. The van der Waals surface area contributed by atoms with Crippen molar-refractivity contribution in [2.24, 2.45) is 0 Å². The number of nitrogens with zero attached hydrogens (tertiary/aromatic N) is 3. The summed E-state index contributed by atoms with van der Waals surface area (Å²) in [4.78, 5) is 18.9. The van der Waals surface area contributed by atoms with Crippen LogP contribution >= 0.6 is 0 Å². The molecule has 3 aromatic rings. The van der Waals surface area contributed by atoms with Gasteiger partial charge in [0.2, 0.25) is 0 Å². The lowest BCUT2D eigenvalue weighted by Crippen LogP contribution is -2.26. The molecular formula is C16H13N5O2. The number of H-pyrrole nitrogens is 1. The third kappa shape index (κ3) is 3.44. The van der Waals surface area contributed by atoms with Gasteiger partial charge in [-0.25, -0.2) is 0 Å². The normalized spacial score (nSPS) is 10.2. The predicted octanol–water partition coefficient (Wildman–Crippen LogP) is 1.91. The molecule has 2 aromatic heterocycles. The number of nitriles is 1. The zero-order valence-electron chi connectivity index (χ0n) is 12.1. The van der Waals surface area contributed by atoms with Crippen LogP contribution in [0.25, 0.3) is 11.5 Å². The molecule has 0 unspecified atom stereocenters. The van der Waals surface area contributed by atoms with Gasteiger partial charge in [-0.3, -0.25) is 4.79 Å². The van der Waals surface area contributed by atoms with E-state index in [2.05, 4.69) is 20.4 Å². The standard InChI is InChI=1S/C16H13N5O2/c17-9-11-8-13(19-10-11)15(22)18-7-6-14-20-16(23-21-14)12-4-2-1-3-5-12/h1-5,8,10,19H,6-7H2,(H,18,22). The minimum absolute atomic E-state index is 0.279. The number of hydrogen-bond donors (Lipinski definition) is 2. The lowest BCUT2D eigenvalue weighted by molar-refractivity contribution is 0.0949. The smallest absolute Gasteiger partial charge is 0.267 e. The number of benzene rings is 1. The fourth-order valence-corrected chi connectivity index (χ4v) is 2.03. The first kappa shape index (κ1) is 14.5. The average molecular weight is 307 g/mol. The summed E-state index contributed by atoms with van der Waals surface area (Å²) in [6.45, 7) is 0.369. The summed E-state index contributed by atoms with van der Waals surface area (Å²) in [6, 6.07) is 12.9. The Morgan fingerprint density at radius 2 is 2.17 bits per heavy atom. The molecule has 0 spiro atoms. The number of carbonyl (C=O) groups is 1. The maximum atomic E-state index is 11.9. The molecule has 0 bridgehead atoms. The predicted molar refractivity (Wildman–Crippen MR) is 81.3 cm³/mol. The number of nitrogens with one attached hydrogen (secondary N) is 2. The Bertz CT molecular complexity index is 845. The Morgan fingerprint density at radius 3 is 2.91 bits per heavy atom. The van der Waals surface area contributed by atoms with Gasteiger partial charge in [0.1, 0.15) is 11.8 Å². The van der Waals surface area contributed by atoms with Crippen LogP contribution in [-0.4, -0.2) is 27.6 Å². The average Bonchev–Trinajstić information content (AvgIpc) is 3.25. The van der Waals surface area contributed by atoms with Gasteiger partial charge in [0.15, 0.2) is 5.82 Å². The van der Waals surface area contributed by atoms with E-state index in [4.69, 9.17) is 9.78 Å². The van der Waals surface area contributed by atoms with Crippen LogP contribution in [0, 0.1) is 11.3 Å². The minimum atomic E-state index is -0.279. The van der Waals surface area contributed by atoms with Crippen molar-refractivity contribution in [3.05, 3.63) is 59.7 Å². The summed E-state index contributed by atoms with van der Waals surface area (Å²) in [5.74, 6) is 0.696. The van der Waals surface area contributed by atoms with Crippen LogP contribution in [-0.2, 0) is 6.42 Å². The molecule has 0 atom stereocenters. The van der Waals surface area contributed by atoms with Crippen LogP contribution in [0.1, 0.15) is 21.9 Å². The maximum Gasteiger partial charge on any atom is 0.267 e. The van der Waals surface area contributed by atoms with E-state index in [1.807, 2.05) is 36.4 Å². The number of amides is 1. The van der Waals surface area contributed by atoms with Crippen molar-refractivity contribution in [3.8, 4) is 17.5 Å². The molecule has 0 saturated heterocycles. The number of rotatable bonds is 5. The molecule has 0 saturated carbocycles. The highest BCUT2D eigenvalue weighted by Crippen LogP contribution is 2.15. The molecule has 2 N–H and O–H groups in total. The molecule has 7 heteroatoms. The topological polar surface area (TPSA) is 108 Å². The third-order valence-corrected chi connectivity index (χ3v) is 3.18. The molecule has 114 valence electrons. The van der Waals surface area contributed by atoms with Crippen LogP contribution in [0.15, 0.2) is 47.1 Å². The Balaban J connectivity index is 1.54. The van der Waals surface area contributed by atoms with Gasteiger partial charge >= 0.3 is 0 Å². The second kappa shape index (κ2) is 6.58. The molecule has 23 heavy (non-hydrogen) atoms. The van der Waals surface area contributed by atoms with E-state index in [1.54, 1.807) is 0 Å². The summed E-state index contributed by atoms with van der Waals surface area (Å²) in [6.07, 6.45) is 1.94. The molecule has 0 aliphatic carbocycles. The molecule has 0 fully saturated rings. The van der Waals surface area contributed by atoms with Crippen LogP contribution in [0.3, 0.4) is 0 Å². The molecule has 0 aliphatic rings. The van der Waals surface area contributed by atoms with Crippen molar-refractivity contribution in [2.75, 3.05) is 6.54 Å². The quantitative estimate of drug-likeness (QED) is 0.748. The first-order valence-corrected chi connectivity index (χ1v) is 7.01. The van der Waals surface area contributed by atoms with Crippen LogP contribution in [0.2, 0.25) is 0 Å². The van der Waals surface area contributed by atoms with Gasteiger partial charge in [-0.05, 0) is 18.2 Å². The highest BCUT2D eigenvalue weighted by Gasteiger charge is 2.10. The second-order valence-electron chi connectivity index (χ2n) is 4.80. The Labute approximate surface area is 132 Å². The van der Waals surface area contributed by atoms with Gasteiger partial charge in [0, 0.05) is 24.7 Å². The van der Waals surface area contributed by atoms with Crippen molar-refractivity contribution < 1.29 is 9.32 Å². The maximum absolute atomic E-state index is 11.9. The molecule has 0 aliphatic heterocycles. The largest absolute Gasteiger partial charge is 0.356 e. The third-order valence-electron chi connectivity index (χ3n) is 3.18. The summed E-state index contributed by atoms with van der Waals surface area (Å²) in [5.41, 5.74) is 1.62. The van der Waals surface area contributed by atoms with E-state index in [0.29, 0.717) is 35.9 Å². The van der Waals surface area contributed by atoms with Crippen LogP contribution in [0.5, 0.6) is 0 Å². The molecular weight excluding hydrogens is 294 g/mol. The summed E-state index contributed by atoms with van der Waals surface area (Å²) in [5, 5.41) is 15.3. The van der Waals surface area contributed by atoms with E-state index in [1.165, 1.54) is 12.3 Å². The van der Waals surface area contributed by atoms with E-state index >= 15 is 0 Å². The van der Waals surface area contributed by atoms with E-state index in [9.17, 15) is 4.79 Å². The van der Waals surface area contributed by atoms with E-state index in [0.717, 1.165) is 5.56 Å². The number of hydrogen-bond acceptors (Lipinski definition) is 5. The Hall–Kier alpha value is -3.40. The fraction of sp³-hybridized carbons (Fsp3) is 0.125. The molecule has 1 amide bonds. The monoisotopic (exact) mass is 307 g/mol. The zero-order chi connectivity index (χ0) is 16.1. The molecule has 3 rings (SSSR count). The Morgan fingerprint density at radius 1 is 1.35 bits per heavy atom. The van der Waals surface area contributed by atoms with Crippen molar-refractivity contribution in [1.82, 2.24) is 20.4 Å². The number of aromatic nitrogens is 3. The lowest BCUT2D eigenvalue weighted by atomic mass is 10.2. The highest BCUT2D eigenvalue weighted by atomic mass is 16.5. The molecule has 0 radical (unpaired) electrons. The lowest BCUT2D eigenvalue weighted by Gasteiger charge is -2.00. The number of carbonyl (C=O) groups excluding carboxylic acids is 1. The SMILES string of the molecule is N#Cc1c[nH]c(C(=O)NCCc2noc(-c3ccccc3)n2)c1. The van der Waals surface area contributed by atoms with Gasteiger partial charge in [-0.15, -0.1) is 0 Å². The summed E-state index contributed by atoms with van der Waals surface area (Å²) >= 11 is 0. The Kier molecular flexibility index (Phi) is 4.16. The highest BCUT2D eigenvalue weighted by molar-refractivity contribution is 5.92. The summed E-state index contributed by atoms with van der Waals surface area (Å²) < 4.78 is 5.19. The van der Waals surface area contributed by atoms with E-state index in [-0.39, 0.29) is 5.91 Å². The van der Waals surface area contributed by atoms with Crippen molar-refractivity contribution >= 4 is 5.91 Å². The fourth-order valence-electron chi connectivity index (χ4n) is 2.03. The van der Waals surface area contributed by atoms with Gasteiger partial charge in [-0.2, -0.15) is 10.2 Å². The summed E-state index contributed by atoms with van der Waals surface area (Å²) in [7, 11) is 0. The van der Waals surface area contributed by atoms with Gasteiger partial charge in [0.05, 0.1) is 5.56 Å². The first-order valence-electron chi connectivity index (χ1n) is 7.01. The van der Waals surface area contributed by atoms with Crippen LogP contribution in [0.4, 0.5) is 0 Å². The van der Waals surface area contributed by atoms with Crippen LogP contribution < -0.4 is 5.32 Å². The van der Waals surface area contributed by atoms with Gasteiger partial charge in [0.25, 0.3) is 11.8 Å². The molecule has 2 heterocycles. The van der Waals surface area contributed by atoms with Gasteiger partial charge in [-0.1, -0.05) is 23.4 Å². The van der Waals surface area contributed by atoms with Gasteiger partial charge < -0.3 is 14.8 Å². The number of aromatic amines is 1. The minimum Gasteiger partial charge on any atom is -0.356 e. The van der Waals surface area contributed by atoms with E-state index < -0.39 is 0 Å². The molecule has 1 aromatic carbocycles. The molecule has 7 nitrogen and oxygen atoms in total. The second-order valence-corrected chi connectivity index (χ2v) is 4.80. The zero-order valence-corrected chi connectivity index (χ0v) is 12.1. The van der Waals surface area contributed by atoms with Crippen molar-refractivity contribution in [2.45, 2.75) is 6.42 Å².